The normalized spacial score (nSPS) is 10.6. The van der Waals surface area contributed by atoms with E-state index in [0.29, 0.717) is 23.9 Å². The summed E-state index contributed by atoms with van der Waals surface area (Å²) in [5.41, 5.74) is 1.65. The molecule has 0 saturated carbocycles. The molecule has 0 fully saturated rings. The fourth-order valence-corrected chi connectivity index (χ4v) is 1.61. The minimum absolute atomic E-state index is 0.586. The highest BCUT2D eigenvalue weighted by atomic mass is 16.5. The summed E-state index contributed by atoms with van der Waals surface area (Å²) in [5.74, 6) is 1.28. The van der Waals surface area contributed by atoms with Crippen LogP contribution in [0.4, 0.5) is 5.82 Å². The van der Waals surface area contributed by atoms with Crippen LogP contribution in [0.1, 0.15) is 5.56 Å². The number of hydrogen-bond acceptors (Lipinski definition) is 7. The van der Waals surface area contributed by atoms with E-state index in [1.54, 1.807) is 19.4 Å². The Bertz CT molecular complexity index is 696. The molecule has 3 heterocycles. The topological polar surface area (TPSA) is 90.1 Å². The lowest BCUT2D eigenvalue weighted by Gasteiger charge is -2.06. The van der Waals surface area contributed by atoms with Gasteiger partial charge < -0.3 is 10.1 Å². The zero-order chi connectivity index (χ0) is 13.1. The molecular weight excluding hydrogens is 246 g/mol. The zero-order valence-electron chi connectivity index (χ0n) is 10.2. The van der Waals surface area contributed by atoms with Gasteiger partial charge in [0, 0.05) is 18.8 Å². The van der Waals surface area contributed by atoms with Gasteiger partial charge in [0.25, 0.3) is 0 Å². The van der Waals surface area contributed by atoms with E-state index in [0.717, 1.165) is 5.56 Å². The highest BCUT2D eigenvalue weighted by Gasteiger charge is 2.01. The van der Waals surface area contributed by atoms with Gasteiger partial charge in [-0.05, 0) is 34.2 Å². The van der Waals surface area contributed by atoms with Crippen molar-refractivity contribution in [2.45, 2.75) is 6.54 Å². The van der Waals surface area contributed by atoms with Crippen molar-refractivity contribution in [3.05, 3.63) is 36.0 Å². The molecule has 0 spiro atoms. The van der Waals surface area contributed by atoms with Gasteiger partial charge in [-0.15, -0.1) is 14.8 Å². The molecule has 3 rings (SSSR count). The van der Waals surface area contributed by atoms with E-state index in [1.807, 2.05) is 18.2 Å². The maximum atomic E-state index is 5.07. The van der Waals surface area contributed by atoms with Crippen molar-refractivity contribution in [1.29, 1.82) is 0 Å². The van der Waals surface area contributed by atoms with Gasteiger partial charge in [-0.3, -0.25) is 0 Å². The molecule has 0 amide bonds. The molecule has 0 aliphatic heterocycles. The Labute approximate surface area is 108 Å². The zero-order valence-corrected chi connectivity index (χ0v) is 10.2. The van der Waals surface area contributed by atoms with E-state index in [9.17, 15) is 0 Å². The quantitative estimate of drug-likeness (QED) is 0.729. The Kier molecular flexibility index (Phi) is 2.89. The minimum Gasteiger partial charge on any atom is -0.481 e. The smallest absolute Gasteiger partial charge is 0.213 e. The second-order valence-corrected chi connectivity index (χ2v) is 3.81. The molecule has 0 atom stereocenters. The Morgan fingerprint density at radius 1 is 1.32 bits per heavy atom. The number of anilines is 1. The van der Waals surface area contributed by atoms with Gasteiger partial charge in [0.2, 0.25) is 5.88 Å². The second-order valence-electron chi connectivity index (χ2n) is 3.81. The summed E-state index contributed by atoms with van der Waals surface area (Å²) in [6.07, 6.45) is 1.70. The number of nitrogens with zero attached hydrogens (tertiary/aromatic N) is 6. The Morgan fingerprint density at radius 3 is 3.16 bits per heavy atom. The molecule has 96 valence electrons. The van der Waals surface area contributed by atoms with Crippen LogP contribution < -0.4 is 10.1 Å². The third-order valence-electron chi connectivity index (χ3n) is 2.55. The van der Waals surface area contributed by atoms with Crippen molar-refractivity contribution in [3.8, 4) is 5.88 Å². The van der Waals surface area contributed by atoms with E-state index in [-0.39, 0.29) is 0 Å². The molecule has 19 heavy (non-hydrogen) atoms. The highest BCUT2D eigenvalue weighted by Crippen LogP contribution is 2.10. The number of hydrogen-bond donors (Lipinski definition) is 1. The third kappa shape index (κ3) is 2.41. The van der Waals surface area contributed by atoms with Crippen LogP contribution in [0.2, 0.25) is 0 Å². The van der Waals surface area contributed by atoms with Crippen LogP contribution in [0.5, 0.6) is 5.88 Å². The summed E-state index contributed by atoms with van der Waals surface area (Å²) in [6, 6.07) is 7.39. The lowest BCUT2D eigenvalue weighted by atomic mass is 10.2. The van der Waals surface area contributed by atoms with Crippen LogP contribution in [0, 0.1) is 0 Å². The Morgan fingerprint density at radius 2 is 2.26 bits per heavy atom. The molecule has 0 aliphatic rings. The van der Waals surface area contributed by atoms with Crippen LogP contribution in [0.3, 0.4) is 0 Å². The first-order valence-electron chi connectivity index (χ1n) is 5.63. The lowest BCUT2D eigenvalue weighted by Crippen LogP contribution is -2.05. The molecule has 0 bridgehead atoms. The van der Waals surface area contributed by atoms with Gasteiger partial charge in [-0.2, -0.15) is 0 Å². The van der Waals surface area contributed by atoms with Crippen molar-refractivity contribution in [3.63, 3.8) is 0 Å². The Hall–Kier alpha value is -2.77. The second kappa shape index (κ2) is 4.84. The van der Waals surface area contributed by atoms with Crippen molar-refractivity contribution in [2.75, 3.05) is 12.4 Å². The predicted molar refractivity (Wildman–Crippen MR) is 66.7 cm³/mol. The van der Waals surface area contributed by atoms with Crippen LogP contribution >= 0.6 is 0 Å². The summed E-state index contributed by atoms with van der Waals surface area (Å²) < 4.78 is 6.44. The van der Waals surface area contributed by atoms with Crippen LogP contribution in [-0.2, 0) is 6.54 Å². The largest absolute Gasteiger partial charge is 0.481 e. The van der Waals surface area contributed by atoms with Crippen LogP contribution in [0.25, 0.3) is 5.65 Å². The number of pyridine rings is 1. The number of nitrogens with one attached hydrogen (secondary N) is 1. The number of ether oxygens (including phenoxy) is 1. The maximum Gasteiger partial charge on any atom is 0.213 e. The SMILES string of the molecule is COc1cc(CNc2ccc3nnnn3n2)ccn1. The van der Waals surface area contributed by atoms with E-state index < -0.39 is 0 Å². The summed E-state index contributed by atoms with van der Waals surface area (Å²) in [7, 11) is 1.59. The first kappa shape index (κ1) is 11.3. The van der Waals surface area contributed by atoms with Crippen molar-refractivity contribution in [1.82, 2.24) is 30.2 Å². The van der Waals surface area contributed by atoms with Gasteiger partial charge in [0.05, 0.1) is 7.11 Å². The summed E-state index contributed by atoms with van der Waals surface area (Å²) in [5, 5.41) is 18.5. The predicted octanol–water partition coefficient (Wildman–Crippen LogP) is 0.535. The van der Waals surface area contributed by atoms with Crippen molar-refractivity contribution < 1.29 is 4.74 Å². The van der Waals surface area contributed by atoms with Crippen LogP contribution in [0.15, 0.2) is 30.5 Å². The fraction of sp³-hybridized carbons (Fsp3) is 0.182. The first-order chi connectivity index (χ1) is 9.35. The lowest BCUT2D eigenvalue weighted by molar-refractivity contribution is 0.397. The minimum atomic E-state index is 0.586. The number of fused-ring (bicyclic) bond motifs is 1. The molecule has 3 aromatic heterocycles. The molecule has 0 unspecified atom stereocenters. The van der Waals surface area contributed by atoms with Crippen LogP contribution in [-0.4, -0.2) is 37.3 Å². The van der Waals surface area contributed by atoms with Crippen molar-refractivity contribution >= 4 is 11.5 Å². The molecule has 8 nitrogen and oxygen atoms in total. The molecule has 3 aromatic rings. The molecule has 0 saturated heterocycles. The van der Waals surface area contributed by atoms with E-state index in [2.05, 4.69) is 30.9 Å². The van der Waals surface area contributed by atoms with Crippen molar-refractivity contribution in [2.24, 2.45) is 0 Å². The van der Waals surface area contributed by atoms with Gasteiger partial charge >= 0.3 is 0 Å². The van der Waals surface area contributed by atoms with Gasteiger partial charge in [0.15, 0.2) is 5.65 Å². The fourth-order valence-electron chi connectivity index (χ4n) is 1.61. The molecular formula is C11H11N7O. The third-order valence-corrected chi connectivity index (χ3v) is 2.55. The van der Waals surface area contributed by atoms with Gasteiger partial charge in [-0.1, -0.05) is 0 Å². The van der Waals surface area contributed by atoms with Gasteiger partial charge in [0.1, 0.15) is 5.82 Å². The van der Waals surface area contributed by atoms with E-state index >= 15 is 0 Å². The standard InChI is InChI=1S/C11H11N7O/c1-19-11-6-8(4-5-12-11)7-13-9-2-3-10-14-16-17-18(10)15-9/h2-6H,7H2,1H3,(H,13,15). The summed E-state index contributed by atoms with van der Waals surface area (Å²) in [4.78, 5) is 4.05. The molecule has 8 heteroatoms. The monoisotopic (exact) mass is 257 g/mol. The number of tetrazole rings is 1. The molecule has 1 N–H and O–H groups in total. The molecule has 0 radical (unpaired) electrons. The van der Waals surface area contributed by atoms with Gasteiger partial charge in [-0.25, -0.2) is 4.98 Å². The molecule has 0 aliphatic carbocycles. The van der Waals surface area contributed by atoms with E-state index in [4.69, 9.17) is 4.74 Å². The van der Waals surface area contributed by atoms with E-state index in [1.165, 1.54) is 4.63 Å². The average molecular weight is 257 g/mol. The average Bonchev–Trinajstić information content (AvgIpc) is 2.93. The maximum absolute atomic E-state index is 5.07. The Balaban J connectivity index is 1.74. The number of methoxy groups -OCH3 is 1. The number of aromatic nitrogens is 6. The number of rotatable bonds is 4. The first-order valence-corrected chi connectivity index (χ1v) is 5.63. The summed E-state index contributed by atoms with van der Waals surface area (Å²) >= 11 is 0. The molecule has 0 aromatic carbocycles. The highest BCUT2D eigenvalue weighted by molar-refractivity contribution is 5.42. The summed E-state index contributed by atoms with van der Waals surface area (Å²) in [6.45, 7) is 0.611.